The number of alkyl halides is 3. The number of carbonyl (C=O) groups is 1. The Hall–Kier alpha value is -1.40. The fourth-order valence-electron chi connectivity index (χ4n) is 1.73. The molecule has 1 aliphatic heterocycles. The van der Waals surface area contributed by atoms with Gasteiger partial charge in [-0.2, -0.15) is 13.2 Å². The number of benzene rings is 1. The molecule has 0 saturated heterocycles. The third-order valence-corrected chi connectivity index (χ3v) is 3.31. The van der Waals surface area contributed by atoms with Crippen molar-refractivity contribution < 1.29 is 23.1 Å². The molecule has 0 amide bonds. The zero-order valence-electron chi connectivity index (χ0n) is 9.05. The average molecular weight is 312 g/mol. The van der Waals surface area contributed by atoms with Crippen molar-refractivity contribution >= 4 is 40.9 Å². The van der Waals surface area contributed by atoms with E-state index < -0.39 is 23.8 Å². The van der Waals surface area contributed by atoms with Gasteiger partial charge in [0, 0.05) is 5.69 Å². The lowest BCUT2D eigenvalue weighted by molar-refractivity contribution is -0.146. The van der Waals surface area contributed by atoms with Crippen LogP contribution in [0, 0.1) is 0 Å². The number of fused-ring (bicyclic) bond motifs is 1. The summed E-state index contributed by atoms with van der Waals surface area (Å²) in [6, 6.07) is 0.254. The van der Waals surface area contributed by atoms with Crippen molar-refractivity contribution in [1.82, 2.24) is 0 Å². The van der Waals surface area contributed by atoms with Crippen molar-refractivity contribution in [3.63, 3.8) is 0 Å². The first kappa shape index (κ1) is 14.0. The predicted octanol–water partition coefficient (Wildman–Crippen LogP) is 3.82. The van der Waals surface area contributed by atoms with E-state index in [0.29, 0.717) is 0 Å². The van der Waals surface area contributed by atoms with Crippen molar-refractivity contribution in [3.8, 4) is 0 Å². The molecule has 1 aromatic rings. The van der Waals surface area contributed by atoms with Crippen molar-refractivity contribution in [2.24, 2.45) is 0 Å². The quantitative estimate of drug-likeness (QED) is 0.829. The third kappa shape index (κ3) is 2.64. The number of hydrogen-bond donors (Lipinski definition) is 2. The first-order valence-corrected chi connectivity index (χ1v) is 5.73. The third-order valence-electron chi connectivity index (χ3n) is 2.59. The summed E-state index contributed by atoms with van der Waals surface area (Å²) in [5.41, 5.74) is -0.465. The van der Waals surface area contributed by atoms with Crippen LogP contribution in [0.2, 0.25) is 10.0 Å². The SMILES string of the molecule is O=C(O)C1=Cc2cc(Cl)c(Cl)cc2N[C@@H]1C(F)(F)F. The van der Waals surface area contributed by atoms with Crippen LogP contribution in [0.1, 0.15) is 5.56 Å². The Bertz CT molecular complexity index is 584. The van der Waals surface area contributed by atoms with E-state index in [4.69, 9.17) is 28.3 Å². The lowest BCUT2D eigenvalue weighted by Crippen LogP contribution is -2.41. The highest BCUT2D eigenvalue weighted by molar-refractivity contribution is 6.42. The van der Waals surface area contributed by atoms with Gasteiger partial charge in [0.05, 0.1) is 15.6 Å². The van der Waals surface area contributed by atoms with Gasteiger partial charge >= 0.3 is 12.1 Å². The summed E-state index contributed by atoms with van der Waals surface area (Å²) in [6.07, 6.45) is -3.79. The number of carboxylic acids is 1. The maximum Gasteiger partial charge on any atom is 0.413 e. The number of anilines is 1. The Morgan fingerprint density at radius 1 is 1.26 bits per heavy atom. The van der Waals surface area contributed by atoms with Crippen LogP contribution in [0.3, 0.4) is 0 Å². The summed E-state index contributed by atoms with van der Waals surface area (Å²) in [7, 11) is 0. The van der Waals surface area contributed by atoms with E-state index in [1.165, 1.54) is 12.1 Å². The highest BCUT2D eigenvalue weighted by Gasteiger charge is 2.46. The van der Waals surface area contributed by atoms with Crippen LogP contribution in [0.4, 0.5) is 18.9 Å². The number of aliphatic carboxylic acids is 1. The normalized spacial score (nSPS) is 18.4. The minimum absolute atomic E-state index is 0.0843. The topological polar surface area (TPSA) is 49.3 Å². The number of rotatable bonds is 1. The van der Waals surface area contributed by atoms with Crippen molar-refractivity contribution in [3.05, 3.63) is 33.3 Å². The van der Waals surface area contributed by atoms with E-state index in [1.54, 1.807) is 0 Å². The maximum absolute atomic E-state index is 12.8. The van der Waals surface area contributed by atoms with Crippen molar-refractivity contribution in [1.29, 1.82) is 0 Å². The smallest absolute Gasteiger partial charge is 0.413 e. The van der Waals surface area contributed by atoms with Crippen LogP contribution in [-0.2, 0) is 4.79 Å². The van der Waals surface area contributed by atoms with Gasteiger partial charge < -0.3 is 10.4 Å². The molecule has 0 bridgehead atoms. The van der Waals surface area contributed by atoms with Crippen LogP contribution >= 0.6 is 23.2 Å². The monoisotopic (exact) mass is 311 g/mol. The molecule has 2 N–H and O–H groups in total. The summed E-state index contributed by atoms with van der Waals surface area (Å²) in [6.45, 7) is 0. The summed E-state index contributed by atoms with van der Waals surface area (Å²) < 4.78 is 38.4. The second kappa shape index (κ2) is 4.61. The number of nitrogens with one attached hydrogen (secondary N) is 1. The van der Waals surface area contributed by atoms with E-state index in [-0.39, 0.29) is 21.3 Å². The molecule has 0 saturated carbocycles. The van der Waals surface area contributed by atoms with E-state index in [9.17, 15) is 18.0 Å². The highest BCUT2D eigenvalue weighted by atomic mass is 35.5. The second-order valence-electron chi connectivity index (χ2n) is 3.88. The van der Waals surface area contributed by atoms with Crippen LogP contribution < -0.4 is 5.32 Å². The van der Waals surface area contributed by atoms with Gasteiger partial charge in [-0.3, -0.25) is 0 Å². The Morgan fingerprint density at radius 2 is 1.84 bits per heavy atom. The molecule has 1 aliphatic rings. The summed E-state index contributed by atoms with van der Waals surface area (Å²) in [5.74, 6) is -1.65. The minimum Gasteiger partial charge on any atom is -0.478 e. The molecule has 102 valence electrons. The van der Waals surface area contributed by atoms with Gasteiger partial charge in [-0.25, -0.2) is 4.79 Å². The Kier molecular flexibility index (Phi) is 3.40. The molecule has 0 radical (unpaired) electrons. The molecule has 1 atom stereocenters. The lowest BCUT2D eigenvalue weighted by atomic mass is 9.97. The molecule has 0 unspecified atom stereocenters. The van der Waals surface area contributed by atoms with E-state index >= 15 is 0 Å². The van der Waals surface area contributed by atoms with Gasteiger partial charge in [0.15, 0.2) is 6.04 Å². The number of hydrogen-bond acceptors (Lipinski definition) is 2. The first-order chi connectivity index (χ1) is 8.70. The summed E-state index contributed by atoms with van der Waals surface area (Å²) in [4.78, 5) is 10.9. The fourth-order valence-corrected chi connectivity index (χ4v) is 2.07. The van der Waals surface area contributed by atoms with Crippen LogP contribution in [0.25, 0.3) is 6.08 Å². The predicted molar refractivity (Wildman–Crippen MR) is 65.5 cm³/mol. The standard InChI is InChI=1S/C11H6Cl2F3NO2/c12-6-2-4-1-5(10(18)19)9(11(14,15)16)17-8(4)3-7(6)13/h1-3,9,17H,(H,18,19)/t9-/m0/s1. The maximum atomic E-state index is 12.8. The number of halogens is 5. The molecule has 0 fully saturated rings. The van der Waals surface area contributed by atoms with Gasteiger partial charge in [0.1, 0.15) is 0 Å². The van der Waals surface area contributed by atoms with Crippen LogP contribution in [0.5, 0.6) is 0 Å². The molecule has 0 spiro atoms. The van der Waals surface area contributed by atoms with Crippen LogP contribution in [-0.4, -0.2) is 23.3 Å². The number of carboxylic acid groups (broad SMARTS) is 1. The molecule has 8 heteroatoms. The van der Waals surface area contributed by atoms with E-state index in [1.807, 2.05) is 0 Å². The van der Waals surface area contributed by atoms with Gasteiger partial charge in [0.25, 0.3) is 0 Å². The Morgan fingerprint density at radius 3 is 2.37 bits per heavy atom. The molecular formula is C11H6Cl2F3NO2. The van der Waals surface area contributed by atoms with Crippen LogP contribution in [0.15, 0.2) is 17.7 Å². The Labute approximate surface area is 115 Å². The molecule has 19 heavy (non-hydrogen) atoms. The Balaban J connectivity index is 2.57. The molecule has 3 nitrogen and oxygen atoms in total. The zero-order chi connectivity index (χ0) is 14.4. The van der Waals surface area contributed by atoms with E-state index in [0.717, 1.165) is 6.08 Å². The second-order valence-corrected chi connectivity index (χ2v) is 4.69. The van der Waals surface area contributed by atoms with Gasteiger partial charge in [-0.05, 0) is 23.8 Å². The zero-order valence-corrected chi connectivity index (χ0v) is 10.6. The average Bonchev–Trinajstić information content (AvgIpc) is 2.27. The lowest BCUT2D eigenvalue weighted by Gasteiger charge is -2.28. The summed E-state index contributed by atoms with van der Waals surface area (Å²) in [5, 5.41) is 11.2. The van der Waals surface area contributed by atoms with Gasteiger partial charge in [0.2, 0.25) is 0 Å². The fraction of sp³-hybridized carbons (Fsp3) is 0.182. The first-order valence-electron chi connectivity index (χ1n) is 4.97. The largest absolute Gasteiger partial charge is 0.478 e. The minimum atomic E-state index is -4.73. The molecule has 1 heterocycles. The molecular weight excluding hydrogens is 306 g/mol. The molecule has 2 rings (SSSR count). The van der Waals surface area contributed by atoms with Crippen molar-refractivity contribution in [2.75, 3.05) is 5.32 Å². The summed E-state index contributed by atoms with van der Waals surface area (Å²) >= 11 is 11.5. The highest BCUT2D eigenvalue weighted by Crippen LogP contribution is 2.38. The molecule has 0 aromatic heterocycles. The van der Waals surface area contributed by atoms with Gasteiger partial charge in [-0.15, -0.1) is 0 Å². The molecule has 1 aromatic carbocycles. The van der Waals surface area contributed by atoms with Gasteiger partial charge in [-0.1, -0.05) is 23.2 Å². The van der Waals surface area contributed by atoms with Crippen molar-refractivity contribution in [2.45, 2.75) is 12.2 Å². The molecule has 0 aliphatic carbocycles. The van der Waals surface area contributed by atoms with E-state index in [2.05, 4.69) is 5.32 Å².